The van der Waals surface area contributed by atoms with E-state index in [1.807, 2.05) is 6.92 Å². The van der Waals surface area contributed by atoms with Crippen molar-refractivity contribution in [3.63, 3.8) is 0 Å². The number of nitrogens with zero attached hydrogens (tertiary/aromatic N) is 1. The number of phenols is 2. The highest BCUT2D eigenvalue weighted by atomic mass is 79.9. The number of rotatable bonds is 2. The molecule has 0 aliphatic carbocycles. The van der Waals surface area contributed by atoms with Gasteiger partial charge in [-0.3, -0.25) is 4.99 Å². The van der Waals surface area contributed by atoms with Gasteiger partial charge in [-0.2, -0.15) is 0 Å². The van der Waals surface area contributed by atoms with E-state index in [-0.39, 0.29) is 11.5 Å². The standard InChI is InChI=1S/C14H11Br2NO2/c1-8-2-3-11(18)6-13(8)17-7-9-4-10(15)5-12(16)14(9)19/h2-7,18-19H,1H3. The summed E-state index contributed by atoms with van der Waals surface area (Å²) in [4.78, 5) is 4.29. The van der Waals surface area contributed by atoms with Crippen LogP contribution in [0.5, 0.6) is 11.5 Å². The summed E-state index contributed by atoms with van der Waals surface area (Å²) < 4.78 is 1.43. The first-order chi connectivity index (χ1) is 8.97. The number of phenolic OH excluding ortho intramolecular Hbond substituents is 2. The van der Waals surface area contributed by atoms with E-state index in [9.17, 15) is 10.2 Å². The normalized spacial score (nSPS) is 11.1. The number of halogens is 2. The molecule has 2 rings (SSSR count). The topological polar surface area (TPSA) is 52.8 Å². The van der Waals surface area contributed by atoms with Crippen molar-refractivity contribution in [2.24, 2.45) is 4.99 Å². The van der Waals surface area contributed by atoms with Crippen LogP contribution in [-0.4, -0.2) is 16.4 Å². The van der Waals surface area contributed by atoms with Crippen LogP contribution in [0.1, 0.15) is 11.1 Å². The van der Waals surface area contributed by atoms with Gasteiger partial charge in [-0.05, 0) is 46.6 Å². The predicted molar refractivity (Wildman–Crippen MR) is 83.6 cm³/mol. The lowest BCUT2D eigenvalue weighted by molar-refractivity contribution is 0.471. The van der Waals surface area contributed by atoms with Gasteiger partial charge in [0.15, 0.2) is 0 Å². The summed E-state index contributed by atoms with van der Waals surface area (Å²) >= 11 is 6.62. The summed E-state index contributed by atoms with van der Waals surface area (Å²) in [6.07, 6.45) is 1.56. The van der Waals surface area contributed by atoms with E-state index in [1.165, 1.54) is 0 Å². The molecule has 0 saturated heterocycles. The lowest BCUT2D eigenvalue weighted by Crippen LogP contribution is -1.85. The van der Waals surface area contributed by atoms with Crippen molar-refractivity contribution >= 4 is 43.8 Å². The van der Waals surface area contributed by atoms with Gasteiger partial charge in [-0.15, -0.1) is 0 Å². The van der Waals surface area contributed by atoms with Gasteiger partial charge >= 0.3 is 0 Å². The third-order valence-corrected chi connectivity index (χ3v) is 3.66. The molecule has 0 bridgehead atoms. The predicted octanol–water partition coefficient (Wildman–Crippen LogP) is 4.68. The summed E-state index contributed by atoms with van der Waals surface area (Å²) in [5, 5.41) is 19.4. The molecule has 2 aromatic carbocycles. The molecule has 0 radical (unpaired) electrons. The van der Waals surface area contributed by atoms with Crippen molar-refractivity contribution < 1.29 is 10.2 Å². The minimum Gasteiger partial charge on any atom is -0.508 e. The highest BCUT2D eigenvalue weighted by molar-refractivity contribution is 9.11. The molecule has 0 atom stereocenters. The minimum absolute atomic E-state index is 0.129. The zero-order valence-corrected chi connectivity index (χ0v) is 13.2. The van der Waals surface area contributed by atoms with E-state index in [2.05, 4.69) is 36.9 Å². The van der Waals surface area contributed by atoms with Gasteiger partial charge in [0.05, 0.1) is 10.2 Å². The maximum atomic E-state index is 9.92. The van der Waals surface area contributed by atoms with Crippen molar-refractivity contribution in [2.75, 3.05) is 0 Å². The molecule has 0 aliphatic heterocycles. The second kappa shape index (κ2) is 5.75. The van der Waals surface area contributed by atoms with Crippen molar-refractivity contribution in [1.29, 1.82) is 0 Å². The Hall–Kier alpha value is -1.33. The number of aliphatic imine (C=N–C) groups is 1. The Balaban J connectivity index is 2.40. The average Bonchev–Trinajstić information content (AvgIpc) is 2.35. The third kappa shape index (κ3) is 3.36. The fourth-order valence-corrected chi connectivity index (χ4v) is 2.82. The molecule has 0 amide bonds. The average molecular weight is 385 g/mol. The van der Waals surface area contributed by atoms with Crippen LogP contribution in [0.4, 0.5) is 5.69 Å². The Morgan fingerprint density at radius 1 is 1.11 bits per heavy atom. The Morgan fingerprint density at radius 2 is 1.84 bits per heavy atom. The quantitative estimate of drug-likeness (QED) is 0.738. The van der Waals surface area contributed by atoms with E-state index in [1.54, 1.807) is 36.5 Å². The third-order valence-electron chi connectivity index (χ3n) is 2.59. The Kier molecular flexibility index (Phi) is 4.27. The van der Waals surface area contributed by atoms with Gasteiger partial charge < -0.3 is 10.2 Å². The fraction of sp³-hybridized carbons (Fsp3) is 0.0714. The molecule has 2 aromatic rings. The largest absolute Gasteiger partial charge is 0.508 e. The summed E-state index contributed by atoms with van der Waals surface area (Å²) in [5.41, 5.74) is 2.20. The van der Waals surface area contributed by atoms with E-state index in [0.29, 0.717) is 15.7 Å². The molecule has 0 fully saturated rings. The smallest absolute Gasteiger partial charge is 0.138 e. The van der Waals surface area contributed by atoms with Crippen LogP contribution < -0.4 is 0 Å². The molecular formula is C14H11Br2NO2. The molecule has 5 heteroatoms. The first kappa shape index (κ1) is 14.1. The monoisotopic (exact) mass is 383 g/mol. The number of benzene rings is 2. The van der Waals surface area contributed by atoms with Crippen LogP contribution in [0, 0.1) is 6.92 Å². The van der Waals surface area contributed by atoms with Crippen molar-refractivity contribution in [2.45, 2.75) is 6.92 Å². The second-order valence-electron chi connectivity index (χ2n) is 4.05. The molecule has 2 N–H and O–H groups in total. The lowest BCUT2D eigenvalue weighted by atomic mass is 10.2. The second-order valence-corrected chi connectivity index (χ2v) is 5.82. The molecule has 0 heterocycles. The van der Waals surface area contributed by atoms with Crippen LogP contribution in [-0.2, 0) is 0 Å². The van der Waals surface area contributed by atoms with Gasteiger partial charge in [-0.1, -0.05) is 22.0 Å². The fourth-order valence-electron chi connectivity index (χ4n) is 1.56. The van der Waals surface area contributed by atoms with Crippen LogP contribution in [0.25, 0.3) is 0 Å². The van der Waals surface area contributed by atoms with Crippen LogP contribution in [0.15, 0.2) is 44.3 Å². The van der Waals surface area contributed by atoms with Gasteiger partial charge in [0.25, 0.3) is 0 Å². The van der Waals surface area contributed by atoms with E-state index in [4.69, 9.17) is 0 Å². The van der Waals surface area contributed by atoms with Crippen molar-refractivity contribution in [3.05, 3.63) is 50.4 Å². The maximum absolute atomic E-state index is 9.92. The van der Waals surface area contributed by atoms with Gasteiger partial charge in [-0.25, -0.2) is 0 Å². The van der Waals surface area contributed by atoms with E-state index in [0.717, 1.165) is 10.0 Å². The Morgan fingerprint density at radius 3 is 2.58 bits per heavy atom. The number of hydrogen-bond donors (Lipinski definition) is 2. The van der Waals surface area contributed by atoms with Crippen LogP contribution >= 0.6 is 31.9 Å². The zero-order chi connectivity index (χ0) is 14.0. The Labute approximate surface area is 127 Å². The number of hydrogen-bond acceptors (Lipinski definition) is 3. The minimum atomic E-state index is 0.129. The number of aromatic hydroxyl groups is 2. The first-order valence-corrected chi connectivity index (χ1v) is 7.07. The van der Waals surface area contributed by atoms with Crippen molar-refractivity contribution in [3.8, 4) is 11.5 Å². The number of aryl methyl sites for hydroxylation is 1. The molecule has 0 unspecified atom stereocenters. The lowest BCUT2D eigenvalue weighted by Gasteiger charge is -2.04. The van der Waals surface area contributed by atoms with Crippen molar-refractivity contribution in [1.82, 2.24) is 0 Å². The first-order valence-electron chi connectivity index (χ1n) is 5.49. The summed E-state index contributed by atoms with van der Waals surface area (Å²) in [5.74, 6) is 0.294. The summed E-state index contributed by atoms with van der Waals surface area (Å²) in [6.45, 7) is 1.91. The van der Waals surface area contributed by atoms with Crippen LogP contribution in [0.3, 0.4) is 0 Å². The molecule has 98 valence electrons. The maximum Gasteiger partial charge on any atom is 0.138 e. The van der Waals surface area contributed by atoms with E-state index >= 15 is 0 Å². The van der Waals surface area contributed by atoms with Gasteiger partial charge in [0.1, 0.15) is 11.5 Å². The highest BCUT2D eigenvalue weighted by Crippen LogP contribution is 2.31. The van der Waals surface area contributed by atoms with Crippen LogP contribution in [0.2, 0.25) is 0 Å². The Bertz CT molecular complexity index is 654. The summed E-state index contributed by atoms with van der Waals surface area (Å²) in [7, 11) is 0. The molecule has 3 nitrogen and oxygen atoms in total. The van der Waals surface area contributed by atoms with Gasteiger partial charge in [0, 0.05) is 22.3 Å². The molecule has 0 aliphatic rings. The van der Waals surface area contributed by atoms with Gasteiger partial charge in [0.2, 0.25) is 0 Å². The highest BCUT2D eigenvalue weighted by Gasteiger charge is 2.05. The molecule has 0 spiro atoms. The SMILES string of the molecule is Cc1ccc(O)cc1N=Cc1cc(Br)cc(Br)c1O. The van der Waals surface area contributed by atoms with E-state index < -0.39 is 0 Å². The molecule has 0 saturated carbocycles. The molecule has 0 aromatic heterocycles. The zero-order valence-electron chi connectivity index (χ0n) is 10.1. The molecular weight excluding hydrogens is 374 g/mol. The summed E-state index contributed by atoms with van der Waals surface area (Å²) in [6, 6.07) is 8.50. The molecule has 19 heavy (non-hydrogen) atoms.